The van der Waals surface area contributed by atoms with Gasteiger partial charge in [0.15, 0.2) is 0 Å². The average molecular weight is 192 g/mol. The van der Waals surface area contributed by atoms with Gasteiger partial charge in [0.1, 0.15) is 6.04 Å². The Labute approximate surface area is 87.5 Å². The zero-order valence-corrected chi connectivity index (χ0v) is 9.53. The first-order valence-electron chi connectivity index (χ1n) is 5.67. The van der Waals surface area contributed by atoms with E-state index >= 15 is 0 Å². The van der Waals surface area contributed by atoms with E-state index in [1.807, 2.05) is 0 Å². The molecule has 0 spiro atoms. The van der Waals surface area contributed by atoms with Crippen molar-refractivity contribution in [3.8, 4) is 0 Å². The van der Waals surface area contributed by atoms with Gasteiger partial charge in [-0.05, 0) is 19.8 Å². The lowest BCUT2D eigenvalue weighted by Crippen LogP contribution is -2.90. The number of rotatable bonds is 5. The molecule has 78 valence electrons. The fraction of sp³-hybridized carbons (Fsp3) is 0.538. The predicted molar refractivity (Wildman–Crippen MR) is 61.2 cm³/mol. The first kappa shape index (κ1) is 11.3. The Morgan fingerprint density at radius 2 is 1.64 bits per heavy atom. The average Bonchev–Trinajstić information content (AvgIpc) is 2.26. The van der Waals surface area contributed by atoms with Crippen molar-refractivity contribution >= 4 is 0 Å². The van der Waals surface area contributed by atoms with Gasteiger partial charge < -0.3 is 5.32 Å². The molecule has 0 unspecified atom stereocenters. The van der Waals surface area contributed by atoms with E-state index in [4.69, 9.17) is 0 Å². The van der Waals surface area contributed by atoms with Gasteiger partial charge in [0.25, 0.3) is 0 Å². The van der Waals surface area contributed by atoms with Crippen LogP contribution in [0.3, 0.4) is 0 Å². The number of nitrogens with two attached hydrogens (primary N) is 1. The molecule has 0 saturated carbocycles. The van der Waals surface area contributed by atoms with E-state index in [1.54, 1.807) is 0 Å². The summed E-state index contributed by atoms with van der Waals surface area (Å²) in [5.74, 6) is 0. The molecular formula is C13H22N+. The molecule has 1 atom stereocenters. The maximum absolute atomic E-state index is 2.48. The molecule has 1 rings (SSSR count). The molecule has 1 aromatic rings. The molecule has 0 aromatic heterocycles. The van der Waals surface area contributed by atoms with Crippen LogP contribution >= 0.6 is 0 Å². The fourth-order valence-electron chi connectivity index (χ4n) is 1.84. The van der Waals surface area contributed by atoms with Crippen molar-refractivity contribution in [2.75, 3.05) is 0 Å². The van der Waals surface area contributed by atoms with Gasteiger partial charge in [-0.25, -0.2) is 0 Å². The number of hydrogen-bond acceptors (Lipinski definition) is 0. The minimum absolute atomic E-state index is 0.584. The quantitative estimate of drug-likeness (QED) is 0.738. The summed E-state index contributed by atoms with van der Waals surface area (Å²) >= 11 is 0. The van der Waals surface area contributed by atoms with E-state index < -0.39 is 0 Å². The predicted octanol–water partition coefficient (Wildman–Crippen LogP) is 2.50. The van der Waals surface area contributed by atoms with E-state index in [0.29, 0.717) is 6.04 Å². The molecule has 0 aliphatic rings. The van der Waals surface area contributed by atoms with Gasteiger partial charge in [0.2, 0.25) is 0 Å². The highest BCUT2D eigenvalue weighted by molar-refractivity contribution is 5.16. The number of hydrogen-bond donors (Lipinski definition) is 1. The van der Waals surface area contributed by atoms with Crippen LogP contribution in [0.4, 0.5) is 0 Å². The lowest BCUT2D eigenvalue weighted by molar-refractivity contribution is -0.725. The molecule has 0 radical (unpaired) electrons. The monoisotopic (exact) mass is 192 g/mol. The van der Waals surface area contributed by atoms with Gasteiger partial charge in [0, 0.05) is 5.56 Å². The normalized spacial score (nSPS) is 13.1. The third-order valence-corrected chi connectivity index (χ3v) is 2.93. The zero-order valence-electron chi connectivity index (χ0n) is 9.53. The third-order valence-electron chi connectivity index (χ3n) is 2.93. The van der Waals surface area contributed by atoms with Crippen molar-refractivity contribution in [1.82, 2.24) is 0 Å². The van der Waals surface area contributed by atoms with Crippen LogP contribution < -0.4 is 5.32 Å². The van der Waals surface area contributed by atoms with Gasteiger partial charge >= 0.3 is 0 Å². The summed E-state index contributed by atoms with van der Waals surface area (Å²) in [7, 11) is 0. The van der Waals surface area contributed by atoms with Crippen LogP contribution in [0.25, 0.3) is 0 Å². The van der Waals surface area contributed by atoms with Crippen LogP contribution in [0.5, 0.6) is 0 Å². The Kier molecular flexibility index (Phi) is 4.68. The third kappa shape index (κ3) is 3.15. The summed E-state index contributed by atoms with van der Waals surface area (Å²) in [6.07, 6.45) is 2.52. The van der Waals surface area contributed by atoms with Gasteiger partial charge in [0.05, 0.1) is 6.04 Å². The van der Waals surface area contributed by atoms with Gasteiger partial charge in [-0.1, -0.05) is 44.2 Å². The smallest absolute Gasteiger partial charge is 0.109 e. The number of benzene rings is 1. The van der Waals surface area contributed by atoms with E-state index in [2.05, 4.69) is 56.4 Å². The molecule has 2 N–H and O–H groups in total. The van der Waals surface area contributed by atoms with E-state index in [1.165, 1.54) is 18.4 Å². The SMILES string of the molecule is CCC(CC)[NH2+][C@H](C)c1ccccc1. The molecule has 0 aliphatic carbocycles. The van der Waals surface area contributed by atoms with Crippen LogP contribution in [0, 0.1) is 0 Å². The molecule has 1 aromatic carbocycles. The first-order valence-corrected chi connectivity index (χ1v) is 5.67. The first-order chi connectivity index (χ1) is 6.77. The lowest BCUT2D eigenvalue weighted by Gasteiger charge is -2.17. The van der Waals surface area contributed by atoms with Crippen molar-refractivity contribution in [3.05, 3.63) is 35.9 Å². The standard InChI is InChI=1S/C13H21N/c1-4-13(5-2)14-11(3)12-9-7-6-8-10-12/h6-11,13-14H,4-5H2,1-3H3/p+1/t11-/m1/s1. The lowest BCUT2D eigenvalue weighted by atomic mass is 10.1. The Morgan fingerprint density at radius 1 is 1.07 bits per heavy atom. The van der Waals surface area contributed by atoms with Crippen molar-refractivity contribution in [1.29, 1.82) is 0 Å². The van der Waals surface area contributed by atoms with Crippen molar-refractivity contribution in [2.45, 2.75) is 45.7 Å². The molecule has 0 saturated heterocycles. The second kappa shape index (κ2) is 5.82. The highest BCUT2D eigenvalue weighted by atomic mass is 14.9. The van der Waals surface area contributed by atoms with Crippen LogP contribution in [0.2, 0.25) is 0 Å². The van der Waals surface area contributed by atoms with Crippen molar-refractivity contribution in [3.63, 3.8) is 0 Å². The Morgan fingerprint density at radius 3 is 2.14 bits per heavy atom. The molecule has 0 amide bonds. The second-order valence-electron chi connectivity index (χ2n) is 3.97. The molecule has 0 bridgehead atoms. The summed E-state index contributed by atoms with van der Waals surface area (Å²) in [5, 5.41) is 2.48. The second-order valence-corrected chi connectivity index (χ2v) is 3.97. The Balaban J connectivity index is 2.54. The maximum atomic E-state index is 2.48. The molecule has 0 fully saturated rings. The molecule has 14 heavy (non-hydrogen) atoms. The van der Waals surface area contributed by atoms with Crippen molar-refractivity contribution < 1.29 is 5.32 Å². The largest absolute Gasteiger partial charge is 0.338 e. The molecule has 1 heteroatoms. The van der Waals surface area contributed by atoms with Crippen molar-refractivity contribution in [2.24, 2.45) is 0 Å². The molecule has 1 nitrogen and oxygen atoms in total. The summed E-state index contributed by atoms with van der Waals surface area (Å²) in [6, 6.07) is 12.1. The summed E-state index contributed by atoms with van der Waals surface area (Å²) in [4.78, 5) is 0. The topological polar surface area (TPSA) is 16.6 Å². The van der Waals surface area contributed by atoms with Crippen LogP contribution in [-0.4, -0.2) is 6.04 Å². The van der Waals surface area contributed by atoms with Gasteiger partial charge in [-0.3, -0.25) is 0 Å². The fourth-order valence-corrected chi connectivity index (χ4v) is 1.84. The molecule has 0 heterocycles. The maximum Gasteiger partial charge on any atom is 0.109 e. The zero-order chi connectivity index (χ0) is 10.4. The highest BCUT2D eigenvalue weighted by Crippen LogP contribution is 2.07. The minimum Gasteiger partial charge on any atom is -0.338 e. The molecular weight excluding hydrogens is 170 g/mol. The van der Waals surface area contributed by atoms with Crippen LogP contribution in [0.1, 0.15) is 45.2 Å². The highest BCUT2D eigenvalue weighted by Gasteiger charge is 2.13. The van der Waals surface area contributed by atoms with Gasteiger partial charge in [-0.15, -0.1) is 0 Å². The Hall–Kier alpha value is -0.820. The number of quaternary nitrogens is 1. The summed E-state index contributed by atoms with van der Waals surface area (Å²) in [6.45, 7) is 6.82. The van der Waals surface area contributed by atoms with Gasteiger partial charge in [-0.2, -0.15) is 0 Å². The summed E-state index contributed by atoms with van der Waals surface area (Å²) in [5.41, 5.74) is 1.43. The minimum atomic E-state index is 0.584. The van der Waals surface area contributed by atoms with E-state index in [-0.39, 0.29) is 0 Å². The van der Waals surface area contributed by atoms with Crippen LogP contribution in [-0.2, 0) is 0 Å². The Bertz CT molecular complexity index is 239. The van der Waals surface area contributed by atoms with E-state index in [0.717, 1.165) is 6.04 Å². The van der Waals surface area contributed by atoms with E-state index in [9.17, 15) is 0 Å². The summed E-state index contributed by atoms with van der Waals surface area (Å²) < 4.78 is 0. The van der Waals surface area contributed by atoms with Crippen LogP contribution in [0.15, 0.2) is 30.3 Å². The molecule has 0 aliphatic heterocycles.